The third kappa shape index (κ3) is 4.49. The van der Waals surface area contributed by atoms with E-state index in [0.717, 1.165) is 16.6 Å². The number of methoxy groups -OCH3 is 1. The van der Waals surface area contributed by atoms with Crippen LogP contribution in [0.2, 0.25) is 0 Å². The number of carbonyl (C=O) groups is 1. The third-order valence-electron chi connectivity index (χ3n) is 1.82. The van der Waals surface area contributed by atoms with Gasteiger partial charge in [0, 0.05) is 11.4 Å². The quantitative estimate of drug-likeness (QED) is 0.474. The maximum absolute atomic E-state index is 10.9. The second-order valence-corrected chi connectivity index (χ2v) is 3.76. The molecule has 1 aromatic rings. The first kappa shape index (κ1) is 12.8. The summed E-state index contributed by atoms with van der Waals surface area (Å²) in [6.07, 6.45) is 3.07. The Bertz CT molecular complexity index is 374. The molecule has 3 nitrogen and oxygen atoms in total. The molecule has 0 unspecified atom stereocenters. The van der Waals surface area contributed by atoms with Crippen LogP contribution in [-0.4, -0.2) is 25.0 Å². The van der Waals surface area contributed by atoms with Gasteiger partial charge in [-0.05, 0) is 23.8 Å². The van der Waals surface area contributed by atoms with Crippen molar-refractivity contribution in [3.05, 3.63) is 35.9 Å². The van der Waals surface area contributed by atoms with Gasteiger partial charge in [0.15, 0.2) is 0 Å². The maximum Gasteiger partial charge on any atom is 0.330 e. The average molecular weight is 285 g/mol. The summed E-state index contributed by atoms with van der Waals surface area (Å²) in [5.74, 6) is 0.415. The van der Waals surface area contributed by atoms with Gasteiger partial charge in [-0.3, -0.25) is 0 Å². The molecule has 0 heterocycles. The molecule has 0 aliphatic rings. The van der Waals surface area contributed by atoms with Crippen LogP contribution in [0.4, 0.5) is 0 Å². The average Bonchev–Trinajstić information content (AvgIpc) is 2.34. The molecule has 86 valence electrons. The largest absolute Gasteiger partial charge is 0.493 e. The van der Waals surface area contributed by atoms with Crippen LogP contribution in [-0.2, 0) is 9.53 Å². The van der Waals surface area contributed by atoms with Crippen LogP contribution in [0, 0.1) is 0 Å². The van der Waals surface area contributed by atoms with Crippen LogP contribution < -0.4 is 4.74 Å². The second kappa shape index (κ2) is 7.06. The lowest BCUT2D eigenvalue weighted by Gasteiger charge is -2.04. The van der Waals surface area contributed by atoms with Gasteiger partial charge in [0.25, 0.3) is 0 Å². The van der Waals surface area contributed by atoms with Gasteiger partial charge in [-0.1, -0.05) is 28.1 Å². The van der Waals surface area contributed by atoms with Gasteiger partial charge < -0.3 is 9.47 Å². The van der Waals surface area contributed by atoms with Crippen molar-refractivity contribution in [3.63, 3.8) is 0 Å². The Labute approximate surface area is 103 Å². The predicted octanol–water partition coefficient (Wildman–Crippen LogP) is 2.65. The van der Waals surface area contributed by atoms with Gasteiger partial charge in [0.2, 0.25) is 0 Å². The van der Waals surface area contributed by atoms with Crippen molar-refractivity contribution >= 4 is 28.0 Å². The molecular weight excluding hydrogens is 272 g/mol. The Morgan fingerprint density at radius 3 is 3.00 bits per heavy atom. The molecule has 1 rings (SSSR count). The Hall–Kier alpha value is -1.29. The van der Waals surface area contributed by atoms with Crippen LogP contribution in [0.3, 0.4) is 0 Å². The van der Waals surface area contributed by atoms with Crippen molar-refractivity contribution < 1.29 is 14.3 Å². The number of benzene rings is 1. The van der Waals surface area contributed by atoms with Gasteiger partial charge in [0.1, 0.15) is 5.75 Å². The fraction of sp³-hybridized carbons (Fsp3) is 0.250. The van der Waals surface area contributed by atoms with Crippen molar-refractivity contribution in [2.75, 3.05) is 19.0 Å². The number of hydrogen-bond acceptors (Lipinski definition) is 3. The maximum atomic E-state index is 10.9. The molecule has 0 atom stereocenters. The number of ether oxygens (including phenoxy) is 2. The SMILES string of the molecule is COC(=O)/C=C/c1cccc(OCCBr)c1. The lowest BCUT2D eigenvalue weighted by Crippen LogP contribution is -1.97. The van der Waals surface area contributed by atoms with E-state index in [2.05, 4.69) is 20.7 Å². The standard InChI is InChI=1S/C12H13BrO3/c1-15-12(14)6-5-10-3-2-4-11(9-10)16-8-7-13/h2-6,9H,7-8H2,1H3/b6-5+. The van der Waals surface area contributed by atoms with Crippen LogP contribution in [0.15, 0.2) is 30.3 Å². The van der Waals surface area contributed by atoms with Gasteiger partial charge in [-0.2, -0.15) is 0 Å². The van der Waals surface area contributed by atoms with Crippen LogP contribution in [0.25, 0.3) is 6.08 Å². The normalized spacial score (nSPS) is 10.4. The summed E-state index contributed by atoms with van der Waals surface area (Å²) in [6.45, 7) is 0.615. The third-order valence-corrected chi connectivity index (χ3v) is 2.14. The summed E-state index contributed by atoms with van der Waals surface area (Å²) in [5.41, 5.74) is 0.900. The Balaban J connectivity index is 2.66. The number of hydrogen-bond donors (Lipinski definition) is 0. The lowest BCUT2D eigenvalue weighted by atomic mass is 10.2. The van der Waals surface area contributed by atoms with E-state index >= 15 is 0 Å². The lowest BCUT2D eigenvalue weighted by molar-refractivity contribution is -0.134. The van der Waals surface area contributed by atoms with E-state index in [-0.39, 0.29) is 5.97 Å². The summed E-state index contributed by atoms with van der Waals surface area (Å²) in [5, 5.41) is 0.787. The van der Waals surface area contributed by atoms with Gasteiger partial charge in [-0.15, -0.1) is 0 Å². The van der Waals surface area contributed by atoms with E-state index in [0.29, 0.717) is 6.61 Å². The molecule has 0 aliphatic heterocycles. The van der Waals surface area contributed by atoms with Crippen molar-refractivity contribution in [1.82, 2.24) is 0 Å². The van der Waals surface area contributed by atoms with Gasteiger partial charge in [-0.25, -0.2) is 4.79 Å². The van der Waals surface area contributed by atoms with E-state index in [4.69, 9.17) is 4.74 Å². The van der Waals surface area contributed by atoms with Crippen molar-refractivity contribution in [1.29, 1.82) is 0 Å². The topological polar surface area (TPSA) is 35.5 Å². The molecule has 0 spiro atoms. The molecule has 4 heteroatoms. The highest BCUT2D eigenvalue weighted by molar-refractivity contribution is 9.09. The molecular formula is C12H13BrO3. The molecule has 0 fully saturated rings. The number of esters is 1. The summed E-state index contributed by atoms with van der Waals surface area (Å²) in [4.78, 5) is 10.9. The predicted molar refractivity (Wildman–Crippen MR) is 66.8 cm³/mol. The molecule has 0 N–H and O–H groups in total. The second-order valence-electron chi connectivity index (χ2n) is 2.97. The molecule has 1 aromatic carbocycles. The number of alkyl halides is 1. The highest BCUT2D eigenvalue weighted by Crippen LogP contribution is 2.14. The number of rotatable bonds is 5. The molecule has 0 radical (unpaired) electrons. The molecule has 0 saturated heterocycles. The van der Waals surface area contributed by atoms with E-state index in [1.165, 1.54) is 13.2 Å². The minimum Gasteiger partial charge on any atom is -0.493 e. The summed E-state index contributed by atoms with van der Waals surface area (Å²) in [6, 6.07) is 7.50. The number of halogens is 1. The highest BCUT2D eigenvalue weighted by atomic mass is 79.9. The first-order valence-electron chi connectivity index (χ1n) is 4.81. The van der Waals surface area contributed by atoms with E-state index < -0.39 is 0 Å². The summed E-state index contributed by atoms with van der Waals surface area (Å²) >= 11 is 3.28. The zero-order valence-corrected chi connectivity index (χ0v) is 10.6. The van der Waals surface area contributed by atoms with Crippen LogP contribution >= 0.6 is 15.9 Å². The fourth-order valence-electron chi connectivity index (χ4n) is 1.10. The Morgan fingerprint density at radius 1 is 1.50 bits per heavy atom. The smallest absolute Gasteiger partial charge is 0.330 e. The molecule has 0 amide bonds. The Morgan fingerprint density at radius 2 is 2.31 bits per heavy atom. The van der Waals surface area contributed by atoms with Gasteiger partial charge >= 0.3 is 5.97 Å². The van der Waals surface area contributed by atoms with Crippen LogP contribution in [0.1, 0.15) is 5.56 Å². The van der Waals surface area contributed by atoms with Crippen molar-refractivity contribution in [2.24, 2.45) is 0 Å². The van der Waals surface area contributed by atoms with E-state index in [1.54, 1.807) is 6.08 Å². The fourth-order valence-corrected chi connectivity index (χ4v) is 1.26. The summed E-state index contributed by atoms with van der Waals surface area (Å²) < 4.78 is 9.94. The van der Waals surface area contributed by atoms with Crippen molar-refractivity contribution in [2.45, 2.75) is 0 Å². The highest BCUT2D eigenvalue weighted by Gasteiger charge is 1.95. The minimum atomic E-state index is -0.369. The minimum absolute atomic E-state index is 0.369. The molecule has 0 aromatic heterocycles. The van der Waals surface area contributed by atoms with Crippen molar-refractivity contribution in [3.8, 4) is 5.75 Å². The molecule has 0 bridgehead atoms. The van der Waals surface area contributed by atoms with E-state index in [1.807, 2.05) is 24.3 Å². The Kier molecular flexibility index (Phi) is 5.64. The molecule has 16 heavy (non-hydrogen) atoms. The van der Waals surface area contributed by atoms with E-state index in [9.17, 15) is 4.79 Å². The first-order chi connectivity index (χ1) is 7.76. The zero-order valence-electron chi connectivity index (χ0n) is 8.98. The monoisotopic (exact) mass is 284 g/mol. The number of carbonyl (C=O) groups excluding carboxylic acids is 1. The zero-order chi connectivity index (χ0) is 11.8. The summed E-state index contributed by atoms with van der Waals surface area (Å²) in [7, 11) is 1.35. The molecule has 0 saturated carbocycles. The first-order valence-corrected chi connectivity index (χ1v) is 5.93. The van der Waals surface area contributed by atoms with Crippen LogP contribution in [0.5, 0.6) is 5.75 Å². The van der Waals surface area contributed by atoms with Gasteiger partial charge in [0.05, 0.1) is 13.7 Å². The molecule has 0 aliphatic carbocycles.